The monoisotopic (exact) mass is 393 g/mol. The molecule has 2 N–H and O–H groups in total. The number of carboxylic acids is 1. The van der Waals surface area contributed by atoms with E-state index >= 15 is 0 Å². The summed E-state index contributed by atoms with van der Waals surface area (Å²) in [6.07, 6.45) is 2.89. The number of hydrogen-bond donors (Lipinski definition) is 2. The zero-order valence-electron chi connectivity index (χ0n) is 16.5. The van der Waals surface area contributed by atoms with Crippen molar-refractivity contribution in [2.75, 3.05) is 36.0 Å². The van der Waals surface area contributed by atoms with Crippen LogP contribution in [0.15, 0.2) is 54.6 Å². The highest BCUT2D eigenvalue weighted by Gasteiger charge is 2.30. The summed E-state index contributed by atoms with van der Waals surface area (Å²) in [5.74, 6) is -0.483. The van der Waals surface area contributed by atoms with Gasteiger partial charge in [-0.05, 0) is 36.5 Å². The van der Waals surface area contributed by atoms with Gasteiger partial charge in [-0.1, -0.05) is 42.5 Å². The Morgan fingerprint density at radius 2 is 1.59 bits per heavy atom. The highest BCUT2D eigenvalue weighted by atomic mass is 16.4. The summed E-state index contributed by atoms with van der Waals surface area (Å²) in [4.78, 5) is 28.8. The van der Waals surface area contributed by atoms with Crippen molar-refractivity contribution in [1.82, 2.24) is 5.32 Å². The number of carbonyl (C=O) groups is 2. The average molecular weight is 393 g/mol. The molecule has 1 aliphatic heterocycles. The van der Waals surface area contributed by atoms with Gasteiger partial charge in [0.15, 0.2) is 0 Å². The molecule has 6 heteroatoms. The second-order valence-corrected chi connectivity index (χ2v) is 7.95. The third kappa shape index (κ3) is 4.88. The molecular formula is C23H27N3O3. The minimum atomic E-state index is -1.02. The van der Waals surface area contributed by atoms with Crippen LogP contribution >= 0.6 is 0 Å². The number of nitrogens with one attached hydrogen (secondary N) is 1. The number of para-hydroxylation sites is 2. The Labute approximate surface area is 171 Å². The highest BCUT2D eigenvalue weighted by molar-refractivity contribution is 5.88. The van der Waals surface area contributed by atoms with Gasteiger partial charge in [-0.25, -0.2) is 4.79 Å². The standard InChI is InChI=1S/C23H27N3O3/c27-22(24-19(23(28)29)14-17-6-2-1-3-7-17)16-26-13-12-25(15-18-10-11-18)20-8-4-5-9-21(20)26/h1-9,18-19H,10-16H2,(H,24,27)(H,28,29)/t19-/m0/s1. The average Bonchev–Trinajstić information content (AvgIpc) is 3.54. The molecular weight excluding hydrogens is 366 g/mol. The lowest BCUT2D eigenvalue weighted by Crippen LogP contribution is -2.49. The summed E-state index contributed by atoms with van der Waals surface area (Å²) >= 11 is 0. The Balaban J connectivity index is 1.41. The second kappa shape index (κ2) is 8.55. The molecule has 0 saturated heterocycles. The van der Waals surface area contributed by atoms with Gasteiger partial charge in [-0.2, -0.15) is 0 Å². The Kier molecular flexibility index (Phi) is 5.69. The third-order valence-electron chi connectivity index (χ3n) is 5.63. The van der Waals surface area contributed by atoms with Crippen molar-refractivity contribution in [2.24, 2.45) is 5.92 Å². The van der Waals surface area contributed by atoms with Gasteiger partial charge in [0.05, 0.1) is 17.9 Å². The van der Waals surface area contributed by atoms with E-state index in [1.807, 2.05) is 48.5 Å². The smallest absolute Gasteiger partial charge is 0.326 e. The summed E-state index contributed by atoms with van der Waals surface area (Å²) in [6.45, 7) is 2.88. The van der Waals surface area contributed by atoms with Gasteiger partial charge in [0, 0.05) is 26.1 Å². The molecule has 1 atom stereocenters. The Morgan fingerprint density at radius 3 is 2.24 bits per heavy atom. The Hall–Kier alpha value is -3.02. The van der Waals surface area contributed by atoms with Gasteiger partial charge >= 0.3 is 5.97 Å². The van der Waals surface area contributed by atoms with E-state index < -0.39 is 12.0 Å². The van der Waals surface area contributed by atoms with E-state index in [0.29, 0.717) is 0 Å². The van der Waals surface area contributed by atoms with Gasteiger partial charge in [-0.15, -0.1) is 0 Å². The number of benzene rings is 2. The lowest BCUT2D eigenvalue weighted by molar-refractivity contribution is -0.141. The van der Waals surface area contributed by atoms with Gasteiger partial charge < -0.3 is 20.2 Å². The second-order valence-electron chi connectivity index (χ2n) is 7.95. The molecule has 6 nitrogen and oxygen atoms in total. The fourth-order valence-corrected chi connectivity index (χ4v) is 3.91. The first kappa shape index (κ1) is 19.3. The topological polar surface area (TPSA) is 72.9 Å². The number of aliphatic carboxylic acids is 1. The third-order valence-corrected chi connectivity index (χ3v) is 5.63. The predicted molar refractivity (Wildman–Crippen MR) is 113 cm³/mol. The largest absolute Gasteiger partial charge is 0.480 e. The first-order valence-corrected chi connectivity index (χ1v) is 10.2. The maximum atomic E-state index is 12.7. The van der Waals surface area contributed by atoms with Crippen LogP contribution in [0, 0.1) is 5.92 Å². The van der Waals surface area contributed by atoms with Crippen molar-refractivity contribution in [3.63, 3.8) is 0 Å². The van der Waals surface area contributed by atoms with Crippen LogP contribution in [0.25, 0.3) is 0 Å². The van der Waals surface area contributed by atoms with Crippen LogP contribution in [-0.2, 0) is 16.0 Å². The molecule has 0 radical (unpaired) electrons. The number of nitrogens with zero attached hydrogens (tertiary/aromatic N) is 2. The molecule has 2 aliphatic rings. The van der Waals surface area contributed by atoms with Crippen LogP contribution in [0.2, 0.25) is 0 Å². The molecule has 0 spiro atoms. The van der Waals surface area contributed by atoms with E-state index in [4.69, 9.17) is 0 Å². The van der Waals surface area contributed by atoms with Gasteiger partial charge in [0.1, 0.15) is 6.04 Å². The lowest BCUT2D eigenvalue weighted by Gasteiger charge is -2.38. The number of anilines is 2. The molecule has 1 amide bonds. The van der Waals surface area contributed by atoms with Crippen LogP contribution in [0.4, 0.5) is 11.4 Å². The number of amides is 1. The number of rotatable bonds is 8. The first-order valence-electron chi connectivity index (χ1n) is 10.2. The minimum Gasteiger partial charge on any atom is -0.480 e. The Morgan fingerprint density at radius 1 is 0.966 bits per heavy atom. The maximum absolute atomic E-state index is 12.7. The molecule has 1 fully saturated rings. The first-order chi connectivity index (χ1) is 14.1. The molecule has 1 heterocycles. The van der Waals surface area contributed by atoms with Crippen LogP contribution in [0.5, 0.6) is 0 Å². The number of fused-ring (bicyclic) bond motifs is 1. The molecule has 152 valence electrons. The minimum absolute atomic E-state index is 0.160. The van der Waals surface area contributed by atoms with Crippen molar-refractivity contribution in [1.29, 1.82) is 0 Å². The Bertz CT molecular complexity index is 867. The maximum Gasteiger partial charge on any atom is 0.326 e. The van der Waals surface area contributed by atoms with E-state index in [2.05, 4.69) is 21.2 Å². The normalized spacial score (nSPS) is 16.8. The SMILES string of the molecule is O=C(CN1CCN(CC2CC2)c2ccccc21)N[C@@H](Cc1ccccc1)C(=O)O. The van der Waals surface area contributed by atoms with Crippen LogP contribution in [0.1, 0.15) is 18.4 Å². The lowest BCUT2D eigenvalue weighted by atomic mass is 10.1. The molecule has 2 aromatic carbocycles. The summed E-state index contributed by atoms with van der Waals surface area (Å²) < 4.78 is 0. The number of carboxylic acid groups (broad SMARTS) is 1. The predicted octanol–water partition coefficient (Wildman–Crippen LogP) is 2.54. The fraction of sp³-hybridized carbons (Fsp3) is 0.391. The van der Waals surface area contributed by atoms with E-state index in [-0.39, 0.29) is 18.9 Å². The van der Waals surface area contributed by atoms with Crippen molar-refractivity contribution in [2.45, 2.75) is 25.3 Å². The van der Waals surface area contributed by atoms with Crippen molar-refractivity contribution >= 4 is 23.3 Å². The molecule has 4 rings (SSSR count). The molecule has 0 bridgehead atoms. The summed E-state index contributed by atoms with van der Waals surface area (Å²) in [6, 6.07) is 16.6. The zero-order valence-corrected chi connectivity index (χ0v) is 16.5. The van der Waals surface area contributed by atoms with Crippen LogP contribution in [0.3, 0.4) is 0 Å². The molecule has 1 aliphatic carbocycles. The molecule has 1 saturated carbocycles. The van der Waals surface area contributed by atoms with Gasteiger partial charge in [-0.3, -0.25) is 4.79 Å². The van der Waals surface area contributed by atoms with E-state index in [9.17, 15) is 14.7 Å². The van der Waals surface area contributed by atoms with Crippen LogP contribution in [-0.4, -0.2) is 49.2 Å². The summed E-state index contributed by atoms with van der Waals surface area (Å²) in [7, 11) is 0. The van der Waals surface area contributed by atoms with E-state index in [1.54, 1.807) is 0 Å². The molecule has 29 heavy (non-hydrogen) atoms. The quantitative estimate of drug-likeness (QED) is 0.721. The number of hydrogen-bond acceptors (Lipinski definition) is 4. The summed E-state index contributed by atoms with van der Waals surface area (Å²) in [5.41, 5.74) is 3.10. The number of carbonyl (C=O) groups excluding carboxylic acids is 1. The zero-order chi connectivity index (χ0) is 20.2. The van der Waals surface area contributed by atoms with Crippen LogP contribution < -0.4 is 15.1 Å². The van der Waals surface area contributed by atoms with E-state index in [1.165, 1.54) is 12.8 Å². The van der Waals surface area contributed by atoms with Crippen molar-refractivity contribution in [3.05, 3.63) is 60.2 Å². The van der Waals surface area contributed by atoms with Crippen molar-refractivity contribution < 1.29 is 14.7 Å². The molecule has 0 aromatic heterocycles. The van der Waals surface area contributed by atoms with Crippen molar-refractivity contribution in [3.8, 4) is 0 Å². The van der Waals surface area contributed by atoms with Gasteiger partial charge in [0.25, 0.3) is 0 Å². The fourth-order valence-electron chi connectivity index (χ4n) is 3.91. The van der Waals surface area contributed by atoms with E-state index in [0.717, 1.165) is 42.5 Å². The van der Waals surface area contributed by atoms with Gasteiger partial charge in [0.2, 0.25) is 5.91 Å². The molecule has 2 aromatic rings. The molecule has 0 unspecified atom stereocenters. The summed E-state index contributed by atoms with van der Waals surface area (Å²) in [5, 5.41) is 12.2. The highest BCUT2D eigenvalue weighted by Crippen LogP contribution is 2.37.